The zero-order chi connectivity index (χ0) is 16.1. The first-order valence-electron chi connectivity index (χ1n) is 8.13. The topological polar surface area (TPSA) is 92.0 Å². The first kappa shape index (κ1) is 15.7. The summed E-state index contributed by atoms with van der Waals surface area (Å²) in [6.07, 6.45) is 5.85. The smallest absolute Gasteiger partial charge is 0.224 e. The van der Waals surface area contributed by atoms with E-state index in [0.717, 1.165) is 44.0 Å². The average molecular weight is 317 g/mol. The molecule has 0 spiro atoms. The van der Waals surface area contributed by atoms with Crippen molar-refractivity contribution in [1.82, 2.24) is 24.7 Å². The van der Waals surface area contributed by atoms with Crippen molar-refractivity contribution in [3.8, 4) is 0 Å². The first-order valence-corrected chi connectivity index (χ1v) is 8.13. The van der Waals surface area contributed by atoms with Gasteiger partial charge in [-0.15, -0.1) is 10.2 Å². The number of aromatic nitrogens is 5. The number of aliphatic hydroxyl groups excluding tert-OH is 1. The molecule has 0 unspecified atom stereocenters. The van der Waals surface area contributed by atoms with Crippen LogP contribution in [0.5, 0.6) is 0 Å². The molecule has 8 nitrogen and oxygen atoms in total. The van der Waals surface area contributed by atoms with Crippen molar-refractivity contribution in [1.29, 1.82) is 0 Å². The summed E-state index contributed by atoms with van der Waals surface area (Å²) in [4.78, 5) is 10.9. The number of nitrogens with zero attached hydrogens (tertiary/aromatic N) is 6. The van der Waals surface area contributed by atoms with Crippen molar-refractivity contribution in [2.45, 2.75) is 38.8 Å². The zero-order valence-corrected chi connectivity index (χ0v) is 13.4. The fourth-order valence-electron chi connectivity index (χ4n) is 2.80. The van der Waals surface area contributed by atoms with Crippen LogP contribution in [-0.2, 0) is 13.0 Å². The number of aliphatic hydroxyl groups is 1. The maximum atomic E-state index is 9.79. The molecule has 0 bridgehead atoms. The van der Waals surface area contributed by atoms with Crippen LogP contribution in [0.2, 0.25) is 0 Å². The Balaban J connectivity index is 1.57. The van der Waals surface area contributed by atoms with Crippen molar-refractivity contribution >= 4 is 11.8 Å². The second-order valence-corrected chi connectivity index (χ2v) is 5.69. The summed E-state index contributed by atoms with van der Waals surface area (Å²) in [5.41, 5.74) is 0. The Kier molecular flexibility index (Phi) is 5.02. The molecule has 8 heteroatoms. The van der Waals surface area contributed by atoms with Crippen molar-refractivity contribution in [3.63, 3.8) is 0 Å². The van der Waals surface area contributed by atoms with Crippen LogP contribution >= 0.6 is 0 Å². The molecular formula is C15H23N7O. The van der Waals surface area contributed by atoms with E-state index >= 15 is 0 Å². The van der Waals surface area contributed by atoms with E-state index in [1.165, 1.54) is 0 Å². The molecule has 1 atom stereocenters. The SMILES string of the molecule is CCn1cnnc1CCNc1nccc(N2CCC[C@@H](O)C2)n1. The van der Waals surface area contributed by atoms with E-state index in [0.29, 0.717) is 19.0 Å². The Morgan fingerprint density at radius 1 is 1.43 bits per heavy atom. The lowest BCUT2D eigenvalue weighted by molar-refractivity contribution is 0.154. The van der Waals surface area contributed by atoms with Gasteiger partial charge in [0.1, 0.15) is 18.0 Å². The van der Waals surface area contributed by atoms with Gasteiger partial charge in [0.15, 0.2) is 0 Å². The molecule has 2 N–H and O–H groups in total. The van der Waals surface area contributed by atoms with E-state index in [9.17, 15) is 5.11 Å². The van der Waals surface area contributed by atoms with Crippen LogP contribution in [0, 0.1) is 0 Å². The zero-order valence-electron chi connectivity index (χ0n) is 13.4. The molecule has 1 saturated heterocycles. The van der Waals surface area contributed by atoms with Crippen LogP contribution in [-0.4, -0.2) is 55.6 Å². The molecule has 1 fully saturated rings. The van der Waals surface area contributed by atoms with Crippen molar-refractivity contribution in [2.24, 2.45) is 0 Å². The molecule has 0 aromatic carbocycles. The number of hydrogen-bond donors (Lipinski definition) is 2. The van der Waals surface area contributed by atoms with Crippen molar-refractivity contribution < 1.29 is 5.11 Å². The fourth-order valence-corrected chi connectivity index (χ4v) is 2.80. The highest BCUT2D eigenvalue weighted by atomic mass is 16.3. The number of β-amino-alcohol motifs (C(OH)–C–C–N with tert-alkyl or cyclic N) is 1. The standard InChI is InChI=1S/C15H23N7O/c1-2-21-11-18-20-14(21)6-8-17-15-16-7-5-13(19-15)22-9-3-4-12(23)10-22/h5,7,11-12,23H,2-4,6,8-10H2,1H3,(H,16,17,19)/t12-/m1/s1. The van der Waals surface area contributed by atoms with E-state index in [1.54, 1.807) is 12.5 Å². The van der Waals surface area contributed by atoms with E-state index in [1.807, 2.05) is 10.6 Å². The Morgan fingerprint density at radius 3 is 3.17 bits per heavy atom. The third-order valence-corrected chi connectivity index (χ3v) is 4.03. The molecule has 0 radical (unpaired) electrons. The van der Waals surface area contributed by atoms with Crippen molar-refractivity contribution in [2.75, 3.05) is 29.9 Å². The van der Waals surface area contributed by atoms with Crippen LogP contribution < -0.4 is 10.2 Å². The van der Waals surface area contributed by atoms with E-state index in [4.69, 9.17) is 0 Å². The molecule has 3 rings (SSSR count). The second-order valence-electron chi connectivity index (χ2n) is 5.69. The first-order chi connectivity index (χ1) is 11.3. The summed E-state index contributed by atoms with van der Waals surface area (Å²) < 4.78 is 2.02. The molecule has 1 aliphatic rings. The summed E-state index contributed by atoms with van der Waals surface area (Å²) in [6, 6.07) is 1.89. The predicted octanol–water partition coefficient (Wildman–Crippen LogP) is 0.704. The summed E-state index contributed by atoms with van der Waals surface area (Å²) in [7, 11) is 0. The van der Waals surface area contributed by atoms with Crippen LogP contribution in [0.3, 0.4) is 0 Å². The normalized spacial score (nSPS) is 18.2. The number of rotatable bonds is 6. The minimum Gasteiger partial charge on any atom is -0.391 e. The van der Waals surface area contributed by atoms with Crippen molar-refractivity contribution in [3.05, 3.63) is 24.4 Å². The largest absolute Gasteiger partial charge is 0.391 e. The van der Waals surface area contributed by atoms with Gasteiger partial charge in [-0.2, -0.15) is 4.98 Å². The predicted molar refractivity (Wildman–Crippen MR) is 87.4 cm³/mol. The quantitative estimate of drug-likeness (QED) is 0.810. The van der Waals surface area contributed by atoms with Gasteiger partial charge in [-0.1, -0.05) is 0 Å². The lowest BCUT2D eigenvalue weighted by Gasteiger charge is -2.31. The molecular weight excluding hydrogens is 294 g/mol. The Morgan fingerprint density at radius 2 is 2.35 bits per heavy atom. The summed E-state index contributed by atoms with van der Waals surface area (Å²) >= 11 is 0. The van der Waals surface area contributed by atoms with E-state index in [-0.39, 0.29) is 6.10 Å². The van der Waals surface area contributed by atoms with Gasteiger partial charge in [0.2, 0.25) is 5.95 Å². The third kappa shape index (κ3) is 3.95. The molecule has 2 aromatic heterocycles. The molecule has 0 amide bonds. The average Bonchev–Trinajstić information content (AvgIpc) is 3.03. The summed E-state index contributed by atoms with van der Waals surface area (Å²) in [5.74, 6) is 2.42. The number of nitrogens with one attached hydrogen (secondary N) is 1. The Labute approximate surface area is 135 Å². The molecule has 3 heterocycles. The monoisotopic (exact) mass is 317 g/mol. The minimum absolute atomic E-state index is 0.268. The fraction of sp³-hybridized carbons (Fsp3) is 0.600. The number of anilines is 2. The van der Waals surface area contributed by atoms with Crippen LogP contribution in [0.1, 0.15) is 25.6 Å². The molecule has 0 aliphatic carbocycles. The van der Waals surface area contributed by atoms with Gasteiger partial charge >= 0.3 is 0 Å². The maximum Gasteiger partial charge on any atom is 0.224 e. The molecule has 2 aromatic rings. The van der Waals surface area contributed by atoms with Gasteiger partial charge in [0.05, 0.1) is 6.10 Å². The lowest BCUT2D eigenvalue weighted by atomic mass is 10.1. The lowest BCUT2D eigenvalue weighted by Crippen LogP contribution is -2.38. The highest BCUT2D eigenvalue weighted by Gasteiger charge is 2.19. The van der Waals surface area contributed by atoms with Gasteiger partial charge in [0.25, 0.3) is 0 Å². The maximum absolute atomic E-state index is 9.79. The number of hydrogen-bond acceptors (Lipinski definition) is 7. The molecule has 124 valence electrons. The highest BCUT2D eigenvalue weighted by Crippen LogP contribution is 2.18. The highest BCUT2D eigenvalue weighted by molar-refractivity contribution is 5.43. The van der Waals surface area contributed by atoms with E-state index < -0.39 is 0 Å². The number of aryl methyl sites for hydroxylation is 1. The van der Waals surface area contributed by atoms with Gasteiger partial charge in [-0.25, -0.2) is 4.98 Å². The van der Waals surface area contributed by atoms with Crippen LogP contribution in [0.25, 0.3) is 0 Å². The van der Waals surface area contributed by atoms with Crippen LogP contribution in [0.4, 0.5) is 11.8 Å². The van der Waals surface area contributed by atoms with E-state index in [2.05, 4.69) is 37.3 Å². The van der Waals surface area contributed by atoms with Gasteiger partial charge in [-0.05, 0) is 25.8 Å². The summed E-state index contributed by atoms with van der Waals surface area (Å²) in [5, 5.41) is 21.1. The molecule has 1 aliphatic heterocycles. The van der Waals surface area contributed by atoms with Gasteiger partial charge < -0.3 is 19.9 Å². The Hall–Kier alpha value is -2.22. The second kappa shape index (κ2) is 7.36. The third-order valence-electron chi connectivity index (χ3n) is 4.03. The number of piperidine rings is 1. The Bertz CT molecular complexity index is 630. The van der Waals surface area contributed by atoms with Gasteiger partial charge in [-0.3, -0.25) is 0 Å². The molecule has 23 heavy (non-hydrogen) atoms. The van der Waals surface area contributed by atoms with Crippen LogP contribution in [0.15, 0.2) is 18.6 Å². The summed E-state index contributed by atoms with van der Waals surface area (Å²) in [6.45, 7) is 5.19. The molecule has 0 saturated carbocycles. The van der Waals surface area contributed by atoms with Gasteiger partial charge in [0, 0.05) is 38.8 Å². The minimum atomic E-state index is -0.268.